The summed E-state index contributed by atoms with van der Waals surface area (Å²) in [6.45, 7) is 8.77. The summed E-state index contributed by atoms with van der Waals surface area (Å²) in [6, 6.07) is 0. The fourth-order valence-corrected chi connectivity index (χ4v) is 4.06. The van der Waals surface area contributed by atoms with Crippen molar-refractivity contribution in [1.29, 1.82) is 0 Å². The minimum atomic E-state index is -0.243. The standard InChI is InChI=1S/C19H28N4O3/c1-12(24)20-10-14(25)23-9-5-7-19(11-23)8-6-13-15(19)21-17(18(2,3)4)22-16(13)26/h5-11H2,1-4H3,(H,20,24)(H,21,22,26). The first-order valence-corrected chi connectivity index (χ1v) is 9.29. The third-order valence-electron chi connectivity index (χ3n) is 5.50. The Kier molecular flexibility index (Phi) is 4.67. The molecule has 2 aliphatic rings. The van der Waals surface area contributed by atoms with E-state index in [4.69, 9.17) is 4.98 Å². The van der Waals surface area contributed by atoms with Gasteiger partial charge in [0.15, 0.2) is 0 Å². The molecule has 7 nitrogen and oxygen atoms in total. The van der Waals surface area contributed by atoms with E-state index in [9.17, 15) is 14.4 Å². The number of aromatic nitrogens is 2. The molecule has 1 unspecified atom stereocenters. The molecular weight excluding hydrogens is 332 g/mol. The highest BCUT2D eigenvalue weighted by Gasteiger charge is 2.46. The Labute approximate surface area is 153 Å². The molecule has 2 N–H and O–H groups in total. The van der Waals surface area contributed by atoms with Gasteiger partial charge in [-0.25, -0.2) is 4.98 Å². The predicted molar refractivity (Wildman–Crippen MR) is 98.1 cm³/mol. The second-order valence-electron chi connectivity index (χ2n) is 8.60. The Bertz CT molecular complexity index is 793. The first-order chi connectivity index (χ1) is 12.1. The average molecular weight is 360 g/mol. The number of amides is 2. The second kappa shape index (κ2) is 6.52. The number of carbonyl (C=O) groups excluding carboxylic acids is 2. The minimum Gasteiger partial charge on any atom is -0.347 e. The van der Waals surface area contributed by atoms with Gasteiger partial charge in [0.05, 0.1) is 12.2 Å². The van der Waals surface area contributed by atoms with Gasteiger partial charge < -0.3 is 15.2 Å². The molecule has 1 aliphatic carbocycles. The van der Waals surface area contributed by atoms with E-state index in [0.29, 0.717) is 25.3 Å². The molecular formula is C19H28N4O3. The summed E-state index contributed by atoms with van der Waals surface area (Å²) in [5, 5.41) is 2.58. The molecule has 1 fully saturated rings. The van der Waals surface area contributed by atoms with Crippen LogP contribution in [0.5, 0.6) is 0 Å². The highest BCUT2D eigenvalue weighted by molar-refractivity contribution is 5.83. The fourth-order valence-electron chi connectivity index (χ4n) is 4.06. The van der Waals surface area contributed by atoms with Crippen molar-refractivity contribution in [3.8, 4) is 0 Å². The maximum Gasteiger partial charge on any atom is 0.254 e. The third kappa shape index (κ3) is 3.39. The molecule has 142 valence electrons. The van der Waals surface area contributed by atoms with Crippen molar-refractivity contribution in [1.82, 2.24) is 20.2 Å². The lowest BCUT2D eigenvalue weighted by Crippen LogP contribution is -2.50. The molecule has 1 aromatic heterocycles. The lowest BCUT2D eigenvalue weighted by Gasteiger charge is -2.40. The van der Waals surface area contributed by atoms with Crippen molar-refractivity contribution < 1.29 is 9.59 Å². The van der Waals surface area contributed by atoms with Gasteiger partial charge in [0, 0.05) is 36.4 Å². The van der Waals surface area contributed by atoms with Crippen LogP contribution in [0.3, 0.4) is 0 Å². The number of rotatable bonds is 2. The number of piperidine rings is 1. The number of hydrogen-bond acceptors (Lipinski definition) is 4. The first-order valence-electron chi connectivity index (χ1n) is 9.29. The molecule has 1 atom stereocenters. The van der Waals surface area contributed by atoms with Crippen molar-refractivity contribution >= 4 is 11.8 Å². The van der Waals surface area contributed by atoms with E-state index < -0.39 is 0 Å². The molecule has 3 rings (SSSR count). The zero-order valence-corrected chi connectivity index (χ0v) is 16.1. The topological polar surface area (TPSA) is 95.2 Å². The van der Waals surface area contributed by atoms with Gasteiger partial charge in [-0.05, 0) is 25.7 Å². The number of likely N-dealkylation sites (tertiary alicyclic amines) is 1. The lowest BCUT2D eigenvalue weighted by atomic mass is 9.77. The predicted octanol–water partition coefficient (Wildman–Crippen LogP) is 1.01. The molecule has 26 heavy (non-hydrogen) atoms. The maximum absolute atomic E-state index is 12.6. The van der Waals surface area contributed by atoms with Crippen molar-refractivity contribution in [3.05, 3.63) is 27.4 Å². The largest absolute Gasteiger partial charge is 0.347 e. The number of H-pyrrole nitrogens is 1. The first kappa shape index (κ1) is 18.6. The van der Waals surface area contributed by atoms with Crippen LogP contribution in [0.4, 0.5) is 0 Å². The Hall–Kier alpha value is -2.18. The number of nitrogens with zero attached hydrogens (tertiary/aromatic N) is 2. The summed E-state index contributed by atoms with van der Waals surface area (Å²) in [6.07, 6.45) is 3.36. The van der Waals surface area contributed by atoms with Crippen LogP contribution in [0, 0.1) is 0 Å². The van der Waals surface area contributed by atoms with Crippen LogP contribution in [0.15, 0.2) is 4.79 Å². The minimum absolute atomic E-state index is 0.0221. The number of carbonyl (C=O) groups is 2. The number of aromatic amines is 1. The van der Waals surface area contributed by atoms with Crippen LogP contribution >= 0.6 is 0 Å². The number of fused-ring (bicyclic) bond motifs is 2. The molecule has 0 saturated carbocycles. The van der Waals surface area contributed by atoms with Gasteiger partial charge in [0.2, 0.25) is 11.8 Å². The molecule has 2 amide bonds. The average Bonchev–Trinajstić information content (AvgIpc) is 2.90. The molecule has 1 spiro atoms. The van der Waals surface area contributed by atoms with Gasteiger partial charge >= 0.3 is 0 Å². The van der Waals surface area contributed by atoms with Crippen LogP contribution in [0.1, 0.15) is 64.0 Å². The van der Waals surface area contributed by atoms with E-state index in [1.165, 1.54) is 6.92 Å². The third-order valence-corrected chi connectivity index (χ3v) is 5.50. The Morgan fingerprint density at radius 3 is 2.69 bits per heavy atom. The van der Waals surface area contributed by atoms with E-state index >= 15 is 0 Å². The summed E-state index contributed by atoms with van der Waals surface area (Å²) >= 11 is 0. The van der Waals surface area contributed by atoms with Gasteiger partial charge in [0.1, 0.15) is 5.82 Å². The second-order valence-corrected chi connectivity index (χ2v) is 8.60. The molecule has 0 bridgehead atoms. The van der Waals surface area contributed by atoms with E-state index in [1.807, 2.05) is 25.7 Å². The Morgan fingerprint density at radius 2 is 2.04 bits per heavy atom. The molecule has 0 radical (unpaired) electrons. The summed E-state index contributed by atoms with van der Waals surface area (Å²) in [5.74, 6) is 0.414. The molecule has 0 aromatic carbocycles. The summed E-state index contributed by atoms with van der Waals surface area (Å²) in [7, 11) is 0. The number of hydrogen-bond donors (Lipinski definition) is 2. The maximum atomic E-state index is 12.6. The Balaban J connectivity index is 1.91. The van der Waals surface area contributed by atoms with E-state index in [1.54, 1.807) is 0 Å². The monoisotopic (exact) mass is 360 g/mol. The zero-order chi connectivity index (χ0) is 19.1. The highest BCUT2D eigenvalue weighted by atomic mass is 16.2. The quantitative estimate of drug-likeness (QED) is 0.823. The van der Waals surface area contributed by atoms with Gasteiger partial charge in [0.25, 0.3) is 5.56 Å². The fraction of sp³-hybridized carbons (Fsp3) is 0.684. The van der Waals surface area contributed by atoms with Crippen molar-refractivity contribution in [2.45, 2.75) is 64.2 Å². The van der Waals surface area contributed by atoms with Crippen LogP contribution < -0.4 is 10.9 Å². The summed E-state index contributed by atoms with van der Waals surface area (Å²) in [5.41, 5.74) is 1.12. The van der Waals surface area contributed by atoms with Crippen molar-refractivity contribution in [3.63, 3.8) is 0 Å². The molecule has 7 heteroatoms. The highest BCUT2D eigenvalue weighted by Crippen LogP contribution is 2.43. The van der Waals surface area contributed by atoms with Gasteiger partial charge in [-0.1, -0.05) is 20.8 Å². The van der Waals surface area contributed by atoms with Crippen LogP contribution in [0.2, 0.25) is 0 Å². The summed E-state index contributed by atoms with van der Waals surface area (Å²) < 4.78 is 0. The zero-order valence-electron chi connectivity index (χ0n) is 16.1. The van der Waals surface area contributed by atoms with E-state index in [2.05, 4.69) is 10.3 Å². The van der Waals surface area contributed by atoms with Crippen molar-refractivity contribution in [2.75, 3.05) is 19.6 Å². The van der Waals surface area contributed by atoms with Crippen LogP contribution in [0.25, 0.3) is 0 Å². The van der Waals surface area contributed by atoms with Crippen LogP contribution in [-0.2, 0) is 26.8 Å². The van der Waals surface area contributed by atoms with Crippen molar-refractivity contribution in [2.24, 2.45) is 0 Å². The normalized spacial score (nSPS) is 22.4. The van der Waals surface area contributed by atoms with E-state index in [-0.39, 0.29) is 34.7 Å². The summed E-state index contributed by atoms with van der Waals surface area (Å²) in [4.78, 5) is 45.7. The van der Waals surface area contributed by atoms with Crippen LogP contribution in [-0.4, -0.2) is 46.3 Å². The van der Waals surface area contributed by atoms with Gasteiger partial charge in [-0.15, -0.1) is 0 Å². The lowest BCUT2D eigenvalue weighted by molar-refractivity contribution is -0.134. The molecule has 2 heterocycles. The smallest absolute Gasteiger partial charge is 0.254 e. The number of nitrogens with one attached hydrogen (secondary N) is 2. The SMILES string of the molecule is CC(=O)NCC(=O)N1CCCC2(CCc3c2nc(C(C)(C)C)[nH]c3=O)C1. The van der Waals surface area contributed by atoms with Gasteiger partial charge in [-0.3, -0.25) is 14.4 Å². The molecule has 1 aromatic rings. The Morgan fingerprint density at radius 1 is 1.31 bits per heavy atom. The van der Waals surface area contributed by atoms with E-state index in [0.717, 1.165) is 30.5 Å². The molecule has 1 saturated heterocycles. The molecule has 1 aliphatic heterocycles. The van der Waals surface area contributed by atoms with Gasteiger partial charge in [-0.2, -0.15) is 0 Å².